The topological polar surface area (TPSA) is 111 Å². The Bertz CT molecular complexity index is 1580. The van der Waals surface area contributed by atoms with E-state index in [0.717, 1.165) is 77.0 Å². The zero-order chi connectivity index (χ0) is 58.4. The van der Waals surface area contributed by atoms with Crippen molar-refractivity contribution in [3.05, 3.63) is 72.9 Å². The molecule has 0 bridgehead atoms. The Morgan fingerprint density at radius 2 is 0.713 bits per heavy atom. The van der Waals surface area contributed by atoms with Crippen LogP contribution in [0.1, 0.15) is 309 Å². The van der Waals surface area contributed by atoms with Crippen LogP contribution in [0.3, 0.4) is 0 Å². The fourth-order valence-corrected chi connectivity index (χ4v) is 10.3. The highest BCUT2D eigenvalue weighted by Gasteiger charge is 2.22. The average Bonchev–Trinajstić information content (AvgIpc) is 3.42. The first-order chi connectivity index (χ1) is 39.0. The molecule has 0 heterocycles. The molecule has 80 heavy (non-hydrogen) atoms. The lowest BCUT2D eigenvalue weighted by molar-refractivity contribution is -0.870. The average molecular weight is 1140 g/mol. The van der Waals surface area contributed by atoms with Gasteiger partial charge >= 0.3 is 11.9 Å². The van der Waals surface area contributed by atoms with Gasteiger partial charge in [-0.3, -0.25) is 14.2 Å². The van der Waals surface area contributed by atoms with Crippen LogP contribution >= 0.6 is 7.82 Å². The molecule has 2 unspecified atom stereocenters. The van der Waals surface area contributed by atoms with Gasteiger partial charge in [0.05, 0.1) is 27.7 Å². The lowest BCUT2D eigenvalue weighted by Gasteiger charge is -2.28. The second-order valence-electron chi connectivity index (χ2n) is 23.8. The van der Waals surface area contributed by atoms with Crippen LogP contribution < -0.4 is 4.89 Å². The smallest absolute Gasteiger partial charge is 0.306 e. The van der Waals surface area contributed by atoms with Crippen molar-refractivity contribution in [1.82, 2.24) is 0 Å². The molecule has 0 aliphatic heterocycles. The van der Waals surface area contributed by atoms with Crippen molar-refractivity contribution in [2.24, 2.45) is 0 Å². The normalized spacial score (nSPS) is 13.6. The van der Waals surface area contributed by atoms with Gasteiger partial charge in [-0.1, -0.05) is 286 Å². The van der Waals surface area contributed by atoms with E-state index in [-0.39, 0.29) is 32.0 Å². The standard InChI is InChI=1S/C70H128NO8P/c1-6-8-10-12-14-16-18-20-22-24-26-28-30-31-32-33-34-35-36-37-38-39-41-42-44-46-48-50-52-54-56-58-60-62-69(72)76-66-68(67-78-80(74,75)77-65-64-71(3,4)5)79-70(73)63-61-59-57-55-53-51-49-47-45-43-40-29-27-25-23-21-19-17-15-13-11-9-7-2/h9,11,15,17-18,20-21,23-24,26-27,29,68H,6-8,10,12-14,16,19,22,25,28,30-67H2,1-5H3/b11-9-,17-15-,20-18-,23-21-,26-24-,29-27-. The second kappa shape index (κ2) is 61.0. The number of allylic oxidation sites excluding steroid dienone is 12. The molecule has 0 amide bonds. The van der Waals surface area contributed by atoms with E-state index in [4.69, 9.17) is 18.5 Å². The molecule has 9 nitrogen and oxygen atoms in total. The molecule has 0 aromatic heterocycles. The van der Waals surface area contributed by atoms with Crippen molar-refractivity contribution >= 4 is 19.8 Å². The molecule has 0 rings (SSSR count). The van der Waals surface area contributed by atoms with Crippen molar-refractivity contribution in [3.63, 3.8) is 0 Å². The van der Waals surface area contributed by atoms with Crippen LogP contribution in [0.25, 0.3) is 0 Å². The van der Waals surface area contributed by atoms with Crippen LogP contribution in [-0.4, -0.2) is 70.0 Å². The Morgan fingerprint density at radius 1 is 0.400 bits per heavy atom. The van der Waals surface area contributed by atoms with Gasteiger partial charge in [0.1, 0.15) is 19.8 Å². The van der Waals surface area contributed by atoms with E-state index in [1.807, 2.05) is 21.1 Å². The summed E-state index contributed by atoms with van der Waals surface area (Å²) < 4.78 is 34.3. The Balaban J connectivity index is 4.02. The van der Waals surface area contributed by atoms with Crippen molar-refractivity contribution < 1.29 is 42.1 Å². The number of nitrogens with zero attached hydrogens (tertiary/aromatic N) is 1. The first-order valence-electron chi connectivity index (χ1n) is 33.6. The van der Waals surface area contributed by atoms with Crippen LogP contribution in [0, 0.1) is 0 Å². The van der Waals surface area contributed by atoms with Gasteiger partial charge in [0.15, 0.2) is 6.10 Å². The van der Waals surface area contributed by atoms with Crippen LogP contribution in [0.2, 0.25) is 0 Å². The molecule has 2 atom stereocenters. The molecule has 0 radical (unpaired) electrons. The number of phosphoric acid groups is 1. The molecule has 0 N–H and O–H groups in total. The van der Waals surface area contributed by atoms with Gasteiger partial charge in [-0.25, -0.2) is 0 Å². The summed E-state index contributed by atoms with van der Waals surface area (Å²) in [6.45, 7) is 4.15. The third-order valence-corrected chi connectivity index (χ3v) is 15.7. The van der Waals surface area contributed by atoms with Crippen molar-refractivity contribution in [3.8, 4) is 0 Å². The monoisotopic (exact) mass is 1140 g/mol. The number of quaternary nitrogens is 1. The zero-order valence-corrected chi connectivity index (χ0v) is 53.9. The molecule has 466 valence electrons. The van der Waals surface area contributed by atoms with Crippen molar-refractivity contribution in [2.45, 2.75) is 315 Å². The number of phosphoric ester groups is 1. The summed E-state index contributed by atoms with van der Waals surface area (Å²) in [5.74, 6) is -0.828. The number of rotatable bonds is 62. The summed E-state index contributed by atoms with van der Waals surface area (Å²) in [7, 11) is 1.17. The van der Waals surface area contributed by atoms with Crippen molar-refractivity contribution in [2.75, 3.05) is 47.5 Å². The summed E-state index contributed by atoms with van der Waals surface area (Å²) in [5, 5.41) is 0. The predicted molar refractivity (Wildman–Crippen MR) is 342 cm³/mol. The highest BCUT2D eigenvalue weighted by molar-refractivity contribution is 7.45. The Morgan fingerprint density at radius 3 is 1.06 bits per heavy atom. The summed E-state index contributed by atoms with van der Waals surface area (Å²) in [4.78, 5) is 38.0. The molecule has 0 spiro atoms. The number of likely N-dealkylation sites (N-methyl/N-ethyl adjacent to an activating group) is 1. The quantitative estimate of drug-likeness (QED) is 0.0195. The third kappa shape index (κ3) is 64.6. The lowest BCUT2D eigenvalue weighted by atomic mass is 10.0. The molecule has 0 aliphatic rings. The van der Waals surface area contributed by atoms with Crippen LogP contribution in [-0.2, 0) is 32.7 Å². The van der Waals surface area contributed by atoms with E-state index in [0.29, 0.717) is 17.4 Å². The maximum absolute atomic E-state index is 12.8. The Labute approximate surface area is 495 Å². The number of hydrogen-bond donors (Lipinski definition) is 0. The van der Waals surface area contributed by atoms with E-state index in [1.165, 1.54) is 199 Å². The van der Waals surface area contributed by atoms with Gasteiger partial charge in [0.25, 0.3) is 7.82 Å². The fraction of sp³-hybridized carbons (Fsp3) is 0.800. The Kier molecular flexibility index (Phi) is 59.1. The first-order valence-corrected chi connectivity index (χ1v) is 35.1. The number of hydrogen-bond acceptors (Lipinski definition) is 8. The molecular weight excluding hydrogens is 1010 g/mol. The SMILES string of the molecule is CC/C=C\C/C=C\C/C=C\C/C=C\CCCCCCCCCCCCC(=O)OC(COC(=O)CCCCCCCCCCCCCCCCCCCCCCC/C=C\C/C=C\CCCCCCC)COP(=O)([O-])OCC[N+](C)(C)C. The largest absolute Gasteiger partial charge is 0.756 e. The summed E-state index contributed by atoms with van der Waals surface area (Å²) in [5.41, 5.74) is 0. The zero-order valence-electron chi connectivity index (χ0n) is 53.0. The molecule has 0 aromatic carbocycles. The highest BCUT2D eigenvalue weighted by atomic mass is 31.2. The molecule has 0 saturated carbocycles. The van der Waals surface area contributed by atoms with E-state index in [1.54, 1.807) is 0 Å². The van der Waals surface area contributed by atoms with E-state index < -0.39 is 26.5 Å². The number of carbonyl (C=O) groups is 2. The van der Waals surface area contributed by atoms with E-state index >= 15 is 0 Å². The number of ether oxygens (including phenoxy) is 2. The second-order valence-corrected chi connectivity index (χ2v) is 25.2. The van der Waals surface area contributed by atoms with Crippen LogP contribution in [0.5, 0.6) is 0 Å². The fourth-order valence-electron chi connectivity index (χ4n) is 9.56. The molecular formula is C70H128NO8P. The van der Waals surface area contributed by atoms with Gasteiger partial charge in [-0.2, -0.15) is 0 Å². The van der Waals surface area contributed by atoms with E-state index in [9.17, 15) is 19.0 Å². The van der Waals surface area contributed by atoms with Gasteiger partial charge < -0.3 is 27.9 Å². The maximum atomic E-state index is 12.8. The third-order valence-electron chi connectivity index (χ3n) is 14.7. The number of esters is 2. The molecule has 0 aromatic rings. The summed E-state index contributed by atoms with van der Waals surface area (Å²) in [6.07, 6.45) is 81.2. The molecule has 0 aliphatic carbocycles. The number of carbonyl (C=O) groups excluding carboxylic acids is 2. The Hall–Kier alpha value is -2.55. The predicted octanol–water partition coefficient (Wildman–Crippen LogP) is 21.0. The molecule has 10 heteroatoms. The summed E-state index contributed by atoms with van der Waals surface area (Å²) >= 11 is 0. The van der Waals surface area contributed by atoms with Gasteiger partial charge in [0, 0.05) is 12.8 Å². The molecule has 0 saturated heterocycles. The first kappa shape index (κ1) is 77.5. The van der Waals surface area contributed by atoms with Gasteiger partial charge in [0.2, 0.25) is 0 Å². The van der Waals surface area contributed by atoms with Crippen LogP contribution in [0.4, 0.5) is 0 Å². The van der Waals surface area contributed by atoms with Gasteiger partial charge in [-0.15, -0.1) is 0 Å². The van der Waals surface area contributed by atoms with Crippen LogP contribution in [0.15, 0.2) is 72.9 Å². The van der Waals surface area contributed by atoms with Gasteiger partial charge in [-0.05, 0) is 83.5 Å². The molecule has 0 fully saturated rings. The minimum atomic E-state index is -4.64. The van der Waals surface area contributed by atoms with E-state index in [2.05, 4.69) is 86.8 Å². The minimum absolute atomic E-state index is 0.0327. The number of unbranched alkanes of at least 4 members (excludes halogenated alkanes) is 36. The maximum Gasteiger partial charge on any atom is 0.306 e. The highest BCUT2D eigenvalue weighted by Crippen LogP contribution is 2.38. The summed E-state index contributed by atoms with van der Waals surface area (Å²) in [6, 6.07) is 0. The minimum Gasteiger partial charge on any atom is -0.756 e. The van der Waals surface area contributed by atoms with Crippen molar-refractivity contribution in [1.29, 1.82) is 0 Å². The lowest BCUT2D eigenvalue weighted by Crippen LogP contribution is -2.37.